The van der Waals surface area contributed by atoms with Gasteiger partial charge in [0.05, 0.1) is 12.7 Å². The summed E-state index contributed by atoms with van der Waals surface area (Å²) in [4.78, 5) is 17.6. The molecule has 0 radical (unpaired) electrons. The van der Waals surface area contributed by atoms with Gasteiger partial charge in [-0.05, 0) is 39.5 Å². The summed E-state index contributed by atoms with van der Waals surface area (Å²) in [5, 5.41) is 17.0. The highest BCUT2D eigenvalue weighted by atomic mass is 16.3. The van der Waals surface area contributed by atoms with E-state index in [2.05, 4.69) is 13.0 Å². The maximum Gasteiger partial charge on any atom is 0.182 e. The maximum absolute atomic E-state index is 8.83. The van der Waals surface area contributed by atoms with E-state index < -0.39 is 0 Å². The highest BCUT2D eigenvalue weighted by Crippen LogP contribution is 1.99. The van der Waals surface area contributed by atoms with E-state index in [1.165, 1.54) is 0 Å². The van der Waals surface area contributed by atoms with Gasteiger partial charge < -0.3 is 10.2 Å². The van der Waals surface area contributed by atoms with E-state index in [9.17, 15) is 0 Å². The molecule has 0 aromatic rings. The van der Waals surface area contributed by atoms with Crippen LogP contribution in [0.1, 0.15) is 52.9 Å². The van der Waals surface area contributed by atoms with E-state index in [1.54, 1.807) is 6.08 Å². The lowest BCUT2D eigenvalue weighted by Gasteiger charge is -1.99. The summed E-state index contributed by atoms with van der Waals surface area (Å²) in [5.41, 5.74) is 0. The molecule has 1 unspecified atom stereocenters. The van der Waals surface area contributed by atoms with Crippen molar-refractivity contribution < 1.29 is 19.8 Å². The van der Waals surface area contributed by atoms with Crippen LogP contribution in [0.25, 0.3) is 0 Å². The van der Waals surface area contributed by atoms with Crippen molar-refractivity contribution in [2.45, 2.75) is 59.0 Å². The molecule has 0 spiro atoms. The molecule has 0 aliphatic rings. The van der Waals surface area contributed by atoms with Crippen LogP contribution in [0.4, 0.5) is 0 Å². The topological polar surface area (TPSA) is 74.6 Å². The smallest absolute Gasteiger partial charge is 0.182 e. The second kappa shape index (κ2) is 26.3. The number of carbonyl (C=O) groups excluding carboxylic acids is 2. The first-order valence-electron chi connectivity index (χ1n) is 7.04. The molecule has 0 aromatic heterocycles. The zero-order valence-corrected chi connectivity index (χ0v) is 13.0. The first-order valence-corrected chi connectivity index (χ1v) is 7.04. The Morgan fingerprint density at radius 1 is 1.05 bits per heavy atom. The van der Waals surface area contributed by atoms with Crippen LogP contribution >= 0.6 is 0 Å². The number of unbranched alkanes of at least 4 members (excludes halogenated alkanes) is 2. The average Bonchev–Trinajstić information content (AvgIpc) is 2.45. The van der Waals surface area contributed by atoms with E-state index in [4.69, 9.17) is 19.8 Å². The quantitative estimate of drug-likeness (QED) is 0.311. The van der Waals surface area contributed by atoms with Crippen LogP contribution in [-0.4, -0.2) is 35.5 Å². The molecule has 0 rings (SSSR count). The minimum atomic E-state index is -0.129. The molecular formula is C16H30O4. The molecule has 1 atom stereocenters. The molecule has 4 nitrogen and oxygen atoms in total. The fourth-order valence-electron chi connectivity index (χ4n) is 1.06. The van der Waals surface area contributed by atoms with Gasteiger partial charge in [0, 0.05) is 0 Å². The van der Waals surface area contributed by atoms with Crippen LogP contribution in [0.15, 0.2) is 24.3 Å². The van der Waals surface area contributed by atoms with Crippen molar-refractivity contribution in [2.24, 2.45) is 0 Å². The third-order valence-corrected chi connectivity index (χ3v) is 2.01. The van der Waals surface area contributed by atoms with Crippen molar-refractivity contribution in [1.82, 2.24) is 0 Å². The van der Waals surface area contributed by atoms with Gasteiger partial charge in [-0.3, -0.25) is 9.59 Å². The number of hydrogen-bond donors (Lipinski definition) is 2. The Morgan fingerprint density at radius 2 is 1.65 bits per heavy atom. The molecule has 0 amide bonds. The summed E-state index contributed by atoms with van der Waals surface area (Å²) >= 11 is 0. The molecule has 0 fully saturated rings. The van der Waals surface area contributed by atoms with E-state index in [1.807, 2.05) is 26.0 Å². The van der Waals surface area contributed by atoms with Gasteiger partial charge in [-0.15, -0.1) is 0 Å². The summed E-state index contributed by atoms with van der Waals surface area (Å²) in [6.45, 7) is 6.14. The Hall–Kier alpha value is -1.26. The Balaban J connectivity index is -0.000000234. The SMILES string of the molecule is CC=CCCCC(C)O.CCCC=CCO.O=CC=O. The predicted molar refractivity (Wildman–Crippen MR) is 83.6 cm³/mol. The van der Waals surface area contributed by atoms with Crippen molar-refractivity contribution in [1.29, 1.82) is 0 Å². The van der Waals surface area contributed by atoms with Crippen LogP contribution in [0, 0.1) is 0 Å². The highest BCUT2D eigenvalue weighted by Gasteiger charge is 1.91. The highest BCUT2D eigenvalue weighted by molar-refractivity contribution is 6.09. The van der Waals surface area contributed by atoms with Crippen molar-refractivity contribution in [2.75, 3.05) is 6.61 Å². The monoisotopic (exact) mass is 286 g/mol. The molecule has 0 saturated heterocycles. The van der Waals surface area contributed by atoms with Crippen molar-refractivity contribution in [3.8, 4) is 0 Å². The molecule has 118 valence electrons. The molecule has 20 heavy (non-hydrogen) atoms. The lowest BCUT2D eigenvalue weighted by molar-refractivity contribution is -0.122. The first-order chi connectivity index (χ1) is 9.60. The molecule has 4 heteroatoms. The molecule has 0 saturated carbocycles. The van der Waals surface area contributed by atoms with Crippen molar-refractivity contribution in [3.05, 3.63) is 24.3 Å². The number of aliphatic hydroxyl groups excluding tert-OH is 2. The predicted octanol–water partition coefficient (Wildman–Crippen LogP) is 2.83. The zero-order valence-electron chi connectivity index (χ0n) is 13.0. The third-order valence-electron chi connectivity index (χ3n) is 2.01. The second-order valence-electron chi connectivity index (χ2n) is 4.06. The largest absolute Gasteiger partial charge is 0.393 e. The number of hydrogen-bond acceptors (Lipinski definition) is 4. The van der Waals surface area contributed by atoms with Crippen LogP contribution in [0.3, 0.4) is 0 Å². The Morgan fingerprint density at radius 3 is 2.00 bits per heavy atom. The van der Waals surface area contributed by atoms with Gasteiger partial charge >= 0.3 is 0 Å². The summed E-state index contributed by atoms with van der Waals surface area (Å²) in [7, 11) is 0. The fraction of sp³-hybridized carbons (Fsp3) is 0.625. The summed E-state index contributed by atoms with van der Waals surface area (Å²) in [6, 6.07) is 0. The Labute approximate surface area is 123 Å². The van der Waals surface area contributed by atoms with Gasteiger partial charge in [-0.1, -0.05) is 37.6 Å². The van der Waals surface area contributed by atoms with E-state index in [-0.39, 0.29) is 25.3 Å². The standard InChI is InChI=1S/C8H16O.C6H12O.C2H2O2/c1-3-4-5-6-7-8(2)9;1-2-3-4-5-6-7;3-1-2-4/h3-4,8-9H,5-7H2,1-2H3;4-5,7H,2-3,6H2,1H3;1-2H. The van der Waals surface area contributed by atoms with Crippen molar-refractivity contribution in [3.63, 3.8) is 0 Å². The van der Waals surface area contributed by atoms with Gasteiger partial charge in [-0.25, -0.2) is 0 Å². The second-order valence-corrected chi connectivity index (χ2v) is 4.06. The maximum atomic E-state index is 8.83. The number of carbonyl (C=O) groups is 2. The number of aldehydes is 2. The van der Waals surface area contributed by atoms with Crippen LogP contribution in [-0.2, 0) is 9.59 Å². The molecule has 0 aliphatic carbocycles. The lowest BCUT2D eigenvalue weighted by Crippen LogP contribution is -1.97. The van der Waals surface area contributed by atoms with Gasteiger partial charge in [-0.2, -0.15) is 0 Å². The number of aliphatic hydroxyl groups is 2. The number of allylic oxidation sites excluding steroid dienone is 3. The van der Waals surface area contributed by atoms with Gasteiger partial charge in [0.25, 0.3) is 0 Å². The lowest BCUT2D eigenvalue weighted by atomic mass is 10.2. The minimum absolute atomic E-state index is 0.129. The zero-order chi connectivity index (χ0) is 16.1. The van der Waals surface area contributed by atoms with Crippen LogP contribution < -0.4 is 0 Å². The van der Waals surface area contributed by atoms with Gasteiger partial charge in [0.15, 0.2) is 12.6 Å². The molecule has 0 aromatic carbocycles. The number of rotatable bonds is 8. The first kappa shape index (κ1) is 23.8. The molecule has 0 aliphatic heterocycles. The minimum Gasteiger partial charge on any atom is -0.393 e. The normalized spacial score (nSPS) is 11.2. The molecule has 2 N–H and O–H groups in total. The summed E-state index contributed by atoms with van der Waals surface area (Å²) < 4.78 is 0. The molecule has 0 bridgehead atoms. The summed E-state index contributed by atoms with van der Waals surface area (Å²) in [6.07, 6.45) is 13.5. The van der Waals surface area contributed by atoms with Crippen molar-refractivity contribution >= 4 is 12.6 Å². The van der Waals surface area contributed by atoms with Gasteiger partial charge in [0.1, 0.15) is 0 Å². The third kappa shape index (κ3) is 43.7. The molecular weight excluding hydrogens is 256 g/mol. The van der Waals surface area contributed by atoms with E-state index in [0.29, 0.717) is 0 Å². The Bertz CT molecular complexity index is 227. The average molecular weight is 286 g/mol. The fourth-order valence-corrected chi connectivity index (χ4v) is 1.06. The van der Waals surface area contributed by atoms with Gasteiger partial charge in [0.2, 0.25) is 0 Å². The van der Waals surface area contributed by atoms with E-state index >= 15 is 0 Å². The summed E-state index contributed by atoms with van der Waals surface area (Å²) in [5.74, 6) is 0. The van der Waals surface area contributed by atoms with Crippen LogP contribution in [0.2, 0.25) is 0 Å². The Kier molecular flexibility index (Phi) is 31.3. The molecule has 0 heterocycles. The van der Waals surface area contributed by atoms with E-state index in [0.717, 1.165) is 32.1 Å². The van der Waals surface area contributed by atoms with Crippen LogP contribution in [0.5, 0.6) is 0 Å².